The Morgan fingerprint density at radius 3 is 2.71 bits per heavy atom. The number of hydrogen-bond donors (Lipinski definition) is 1. The van der Waals surface area contributed by atoms with Gasteiger partial charge in [-0.2, -0.15) is 0 Å². The molecule has 0 bridgehead atoms. The number of amides is 1. The summed E-state index contributed by atoms with van der Waals surface area (Å²) in [5, 5.41) is 9.30. The Bertz CT molecular complexity index is 595. The Hall–Kier alpha value is -1.91. The van der Waals surface area contributed by atoms with Crippen molar-refractivity contribution in [1.82, 2.24) is 4.90 Å². The minimum absolute atomic E-state index is 0.0625. The third-order valence-corrected chi connectivity index (χ3v) is 4.82. The molecule has 0 radical (unpaired) electrons. The van der Waals surface area contributed by atoms with E-state index >= 15 is 0 Å². The maximum Gasteiger partial charge on any atom is 0.310 e. The van der Waals surface area contributed by atoms with Crippen LogP contribution in [-0.2, 0) is 22.6 Å². The van der Waals surface area contributed by atoms with Crippen molar-refractivity contribution in [2.45, 2.75) is 38.6 Å². The minimum atomic E-state index is -0.870. The normalized spacial score (nSPS) is 19.6. The average molecular weight is 291 g/mol. The number of carbonyl (C=O) groups excluding carboxylic acids is 1. The van der Waals surface area contributed by atoms with E-state index in [4.69, 9.17) is 0 Å². The van der Waals surface area contributed by atoms with Gasteiger partial charge in [0.2, 0.25) is 5.91 Å². The van der Waals surface area contributed by atoms with Gasteiger partial charge in [0.15, 0.2) is 0 Å². The van der Waals surface area contributed by atoms with Gasteiger partial charge in [0, 0.05) is 19.5 Å². The number of carbonyl (C=O) groups is 2. The van der Waals surface area contributed by atoms with E-state index in [2.05, 4.69) is 0 Å². The predicted molar refractivity (Wildman–Crippen MR) is 74.1 cm³/mol. The highest BCUT2D eigenvalue weighted by atomic mass is 19.1. The molecule has 1 fully saturated rings. The molecule has 0 atom stereocenters. The van der Waals surface area contributed by atoms with Crippen molar-refractivity contribution in [2.24, 2.45) is 5.41 Å². The second-order valence-electron chi connectivity index (χ2n) is 6.06. The second-order valence-corrected chi connectivity index (χ2v) is 6.06. The maximum absolute atomic E-state index is 13.7. The van der Waals surface area contributed by atoms with Crippen molar-refractivity contribution in [3.05, 3.63) is 35.1 Å². The van der Waals surface area contributed by atoms with E-state index in [0.717, 1.165) is 12.0 Å². The van der Waals surface area contributed by atoms with Gasteiger partial charge in [0.1, 0.15) is 5.82 Å². The molecule has 1 aliphatic carbocycles. The molecule has 1 aromatic rings. The molecular formula is C16H18FNO3. The van der Waals surface area contributed by atoms with E-state index in [0.29, 0.717) is 37.9 Å². The summed E-state index contributed by atoms with van der Waals surface area (Å²) in [7, 11) is 0. The number of fused-ring (bicyclic) bond motifs is 1. The number of rotatable bonds is 3. The average Bonchev–Trinajstić information content (AvgIpc) is 2.42. The molecule has 1 heterocycles. The van der Waals surface area contributed by atoms with Crippen LogP contribution in [0.3, 0.4) is 0 Å². The number of nitrogens with zero attached hydrogens (tertiary/aromatic N) is 1. The highest BCUT2D eigenvalue weighted by Gasteiger charge is 2.46. The van der Waals surface area contributed by atoms with Crippen LogP contribution < -0.4 is 0 Å². The van der Waals surface area contributed by atoms with Crippen LogP contribution in [0.4, 0.5) is 4.39 Å². The van der Waals surface area contributed by atoms with Crippen LogP contribution in [0.25, 0.3) is 0 Å². The summed E-state index contributed by atoms with van der Waals surface area (Å²) in [4.78, 5) is 25.4. The minimum Gasteiger partial charge on any atom is -0.481 e. The molecule has 5 heteroatoms. The lowest BCUT2D eigenvalue weighted by atomic mass is 9.66. The summed E-state index contributed by atoms with van der Waals surface area (Å²) in [6, 6.07) is 4.91. The van der Waals surface area contributed by atoms with Gasteiger partial charge in [-0.3, -0.25) is 9.59 Å². The third kappa shape index (κ3) is 2.41. The van der Waals surface area contributed by atoms with Gasteiger partial charge in [-0.05, 0) is 36.5 Å². The summed E-state index contributed by atoms with van der Waals surface area (Å²) >= 11 is 0. The fourth-order valence-corrected chi connectivity index (χ4v) is 3.25. The summed E-state index contributed by atoms with van der Waals surface area (Å²) in [6.45, 7) is 0.837. The highest BCUT2D eigenvalue weighted by molar-refractivity contribution is 5.85. The Morgan fingerprint density at radius 1 is 1.33 bits per heavy atom. The van der Waals surface area contributed by atoms with Crippen LogP contribution in [-0.4, -0.2) is 28.4 Å². The number of hydrogen-bond acceptors (Lipinski definition) is 2. The summed E-state index contributed by atoms with van der Waals surface area (Å²) in [5.74, 6) is -1.22. The molecule has 0 unspecified atom stereocenters. The predicted octanol–water partition coefficient (Wildman–Crippen LogP) is 2.36. The first-order chi connectivity index (χ1) is 10.0. The fourth-order valence-electron chi connectivity index (χ4n) is 3.25. The van der Waals surface area contributed by atoms with E-state index in [1.54, 1.807) is 11.0 Å². The Balaban J connectivity index is 1.71. The van der Waals surface area contributed by atoms with Gasteiger partial charge >= 0.3 is 5.97 Å². The molecule has 1 aliphatic heterocycles. The molecule has 0 spiro atoms. The largest absolute Gasteiger partial charge is 0.481 e. The fraction of sp³-hybridized carbons (Fsp3) is 0.500. The molecular weight excluding hydrogens is 273 g/mol. The molecule has 1 aromatic carbocycles. The summed E-state index contributed by atoms with van der Waals surface area (Å²) < 4.78 is 13.7. The van der Waals surface area contributed by atoms with E-state index in [-0.39, 0.29) is 18.1 Å². The molecule has 112 valence electrons. The zero-order chi connectivity index (χ0) is 15.0. The molecule has 3 rings (SSSR count). The molecule has 0 saturated heterocycles. The first kappa shape index (κ1) is 14.0. The van der Waals surface area contributed by atoms with E-state index in [1.165, 1.54) is 6.07 Å². The van der Waals surface area contributed by atoms with Crippen LogP contribution in [0, 0.1) is 11.2 Å². The van der Waals surface area contributed by atoms with Crippen LogP contribution in [0.15, 0.2) is 18.2 Å². The Kier molecular flexibility index (Phi) is 3.43. The van der Waals surface area contributed by atoms with Crippen molar-refractivity contribution >= 4 is 11.9 Å². The van der Waals surface area contributed by atoms with Gasteiger partial charge in [0.25, 0.3) is 0 Å². The molecule has 2 aliphatic rings. The zero-order valence-corrected chi connectivity index (χ0v) is 11.8. The number of carboxylic acids is 1. The first-order valence-electron chi connectivity index (χ1n) is 7.29. The third-order valence-electron chi connectivity index (χ3n) is 4.82. The van der Waals surface area contributed by atoms with Crippen molar-refractivity contribution in [1.29, 1.82) is 0 Å². The lowest BCUT2D eigenvalue weighted by Gasteiger charge is -2.39. The van der Waals surface area contributed by atoms with Crippen LogP contribution >= 0.6 is 0 Å². The Morgan fingerprint density at radius 2 is 2.10 bits per heavy atom. The van der Waals surface area contributed by atoms with Crippen molar-refractivity contribution in [3.63, 3.8) is 0 Å². The van der Waals surface area contributed by atoms with Crippen molar-refractivity contribution < 1.29 is 19.1 Å². The summed E-state index contributed by atoms with van der Waals surface area (Å²) in [6.07, 6.45) is 2.58. The van der Waals surface area contributed by atoms with E-state index in [9.17, 15) is 19.1 Å². The van der Waals surface area contributed by atoms with Crippen molar-refractivity contribution in [2.75, 3.05) is 6.54 Å². The maximum atomic E-state index is 13.7. The lowest BCUT2D eigenvalue weighted by molar-refractivity contribution is -0.159. The van der Waals surface area contributed by atoms with Gasteiger partial charge in [-0.25, -0.2) is 4.39 Å². The molecule has 4 nitrogen and oxygen atoms in total. The lowest BCUT2D eigenvalue weighted by Crippen LogP contribution is -2.45. The highest BCUT2D eigenvalue weighted by Crippen LogP contribution is 2.44. The van der Waals surface area contributed by atoms with E-state index < -0.39 is 11.4 Å². The molecule has 1 saturated carbocycles. The number of aliphatic carboxylic acids is 1. The van der Waals surface area contributed by atoms with Crippen LogP contribution in [0.1, 0.15) is 36.8 Å². The molecule has 1 N–H and O–H groups in total. The van der Waals surface area contributed by atoms with Crippen LogP contribution in [0.5, 0.6) is 0 Å². The number of carboxylic acid groups (broad SMARTS) is 1. The number of halogens is 1. The standard InChI is InChI=1S/C16H18FNO3/c17-13-4-1-3-11-10-18(8-5-12(11)13)14(19)9-16(15(20)21)6-2-7-16/h1,3-4H,2,5-10H2,(H,20,21). The quantitative estimate of drug-likeness (QED) is 0.930. The van der Waals surface area contributed by atoms with Gasteiger partial charge in [0.05, 0.1) is 5.41 Å². The smallest absolute Gasteiger partial charge is 0.310 e. The number of benzene rings is 1. The van der Waals surface area contributed by atoms with Gasteiger partial charge in [-0.1, -0.05) is 18.6 Å². The molecule has 1 amide bonds. The monoisotopic (exact) mass is 291 g/mol. The Labute approximate surface area is 122 Å². The molecule has 0 aromatic heterocycles. The first-order valence-corrected chi connectivity index (χ1v) is 7.29. The van der Waals surface area contributed by atoms with Crippen LogP contribution in [0.2, 0.25) is 0 Å². The van der Waals surface area contributed by atoms with Gasteiger partial charge in [-0.15, -0.1) is 0 Å². The topological polar surface area (TPSA) is 57.6 Å². The second kappa shape index (κ2) is 5.13. The van der Waals surface area contributed by atoms with E-state index in [1.807, 2.05) is 6.07 Å². The van der Waals surface area contributed by atoms with Crippen molar-refractivity contribution in [3.8, 4) is 0 Å². The molecule has 21 heavy (non-hydrogen) atoms. The zero-order valence-electron chi connectivity index (χ0n) is 11.8. The summed E-state index contributed by atoms with van der Waals surface area (Å²) in [5.41, 5.74) is 0.643. The van der Waals surface area contributed by atoms with Gasteiger partial charge < -0.3 is 10.0 Å². The SMILES string of the molecule is O=C(CC1(C(=O)O)CCC1)N1CCc2c(F)cccc2C1.